The molecule has 0 radical (unpaired) electrons. The number of aryl methyl sites for hydroxylation is 1. The molecule has 8 nitrogen and oxygen atoms in total. The van der Waals surface area contributed by atoms with Crippen LogP contribution in [0.4, 0.5) is 5.69 Å². The number of methoxy groups -OCH3 is 1. The third-order valence-corrected chi connectivity index (χ3v) is 3.37. The molecular weight excluding hydrogens is 312 g/mol. The SMILES string of the molecule is COC(=O)c1c(NC(=O)c2cc(-c3ccccc3)on2)cnn1C. The normalized spacial score (nSPS) is 10.4. The Bertz CT molecular complexity index is 883. The summed E-state index contributed by atoms with van der Waals surface area (Å²) in [5.41, 5.74) is 1.27. The van der Waals surface area contributed by atoms with Gasteiger partial charge in [-0.05, 0) is 0 Å². The minimum Gasteiger partial charge on any atom is -0.464 e. The van der Waals surface area contributed by atoms with E-state index in [1.54, 1.807) is 7.05 Å². The minimum atomic E-state index is -0.601. The van der Waals surface area contributed by atoms with Gasteiger partial charge in [-0.2, -0.15) is 5.10 Å². The lowest BCUT2D eigenvalue weighted by atomic mass is 10.1. The van der Waals surface area contributed by atoms with Gasteiger partial charge >= 0.3 is 5.97 Å². The monoisotopic (exact) mass is 326 g/mol. The predicted octanol–water partition coefficient (Wildman–Crippen LogP) is 2.11. The van der Waals surface area contributed by atoms with Gasteiger partial charge in [0.05, 0.1) is 19.0 Å². The van der Waals surface area contributed by atoms with Gasteiger partial charge in [0.15, 0.2) is 17.1 Å². The van der Waals surface area contributed by atoms with Crippen LogP contribution in [0, 0.1) is 0 Å². The van der Waals surface area contributed by atoms with Crippen molar-refractivity contribution in [3.63, 3.8) is 0 Å². The highest BCUT2D eigenvalue weighted by atomic mass is 16.5. The van der Waals surface area contributed by atoms with E-state index in [1.807, 2.05) is 30.3 Å². The fraction of sp³-hybridized carbons (Fsp3) is 0.125. The van der Waals surface area contributed by atoms with Crippen LogP contribution in [0.2, 0.25) is 0 Å². The number of nitrogens with zero attached hydrogens (tertiary/aromatic N) is 3. The van der Waals surface area contributed by atoms with Gasteiger partial charge in [0.25, 0.3) is 5.91 Å². The summed E-state index contributed by atoms with van der Waals surface area (Å²) < 4.78 is 11.2. The molecule has 3 aromatic rings. The second-order valence-corrected chi connectivity index (χ2v) is 4.92. The lowest BCUT2D eigenvalue weighted by Gasteiger charge is -2.04. The quantitative estimate of drug-likeness (QED) is 0.737. The van der Waals surface area contributed by atoms with Crippen molar-refractivity contribution in [3.8, 4) is 11.3 Å². The molecule has 1 amide bonds. The first-order valence-corrected chi connectivity index (χ1v) is 7.04. The molecule has 0 aliphatic carbocycles. The van der Waals surface area contributed by atoms with Crippen LogP contribution in [-0.2, 0) is 11.8 Å². The van der Waals surface area contributed by atoms with Gasteiger partial charge in [-0.15, -0.1) is 0 Å². The molecule has 2 aromatic heterocycles. The molecule has 122 valence electrons. The van der Waals surface area contributed by atoms with Crippen molar-refractivity contribution >= 4 is 17.6 Å². The Labute approximate surface area is 137 Å². The summed E-state index contributed by atoms with van der Waals surface area (Å²) in [5.74, 6) is -0.644. The summed E-state index contributed by atoms with van der Waals surface area (Å²) in [7, 11) is 2.83. The highest BCUT2D eigenvalue weighted by Gasteiger charge is 2.21. The average molecular weight is 326 g/mol. The number of benzene rings is 1. The van der Waals surface area contributed by atoms with Crippen molar-refractivity contribution in [2.45, 2.75) is 0 Å². The second-order valence-electron chi connectivity index (χ2n) is 4.92. The van der Waals surface area contributed by atoms with Crippen LogP contribution in [0.3, 0.4) is 0 Å². The highest BCUT2D eigenvalue weighted by Crippen LogP contribution is 2.21. The Hall–Kier alpha value is -3.42. The molecule has 0 saturated carbocycles. The van der Waals surface area contributed by atoms with E-state index in [9.17, 15) is 9.59 Å². The maximum atomic E-state index is 12.3. The number of hydrogen-bond acceptors (Lipinski definition) is 6. The molecule has 0 unspecified atom stereocenters. The molecule has 2 heterocycles. The fourth-order valence-corrected chi connectivity index (χ4v) is 2.17. The number of hydrogen-bond donors (Lipinski definition) is 1. The van der Waals surface area contributed by atoms with E-state index in [4.69, 9.17) is 4.52 Å². The first-order valence-electron chi connectivity index (χ1n) is 7.04. The summed E-state index contributed by atoms with van der Waals surface area (Å²) in [6.07, 6.45) is 1.36. The largest absolute Gasteiger partial charge is 0.464 e. The van der Waals surface area contributed by atoms with Gasteiger partial charge in [0.1, 0.15) is 0 Å². The number of esters is 1. The smallest absolute Gasteiger partial charge is 0.358 e. The number of nitrogens with one attached hydrogen (secondary N) is 1. The zero-order chi connectivity index (χ0) is 17.1. The average Bonchev–Trinajstić information content (AvgIpc) is 3.22. The summed E-state index contributed by atoms with van der Waals surface area (Å²) in [6, 6.07) is 10.8. The molecular formula is C16H14N4O4. The molecule has 3 rings (SSSR count). The number of ether oxygens (including phenoxy) is 1. The van der Waals surface area contributed by atoms with E-state index < -0.39 is 11.9 Å². The molecule has 0 saturated heterocycles. The number of carbonyl (C=O) groups is 2. The molecule has 1 N–H and O–H groups in total. The van der Waals surface area contributed by atoms with Crippen LogP contribution < -0.4 is 5.32 Å². The Morgan fingerprint density at radius 1 is 1.25 bits per heavy atom. The molecule has 24 heavy (non-hydrogen) atoms. The predicted molar refractivity (Wildman–Crippen MR) is 84.4 cm³/mol. The van der Waals surface area contributed by atoms with Crippen molar-refractivity contribution in [3.05, 3.63) is 54.0 Å². The summed E-state index contributed by atoms with van der Waals surface area (Å²) >= 11 is 0. The standard InChI is InChI=1S/C16H14N4O4/c1-20-14(16(22)23-2)12(9-17-20)18-15(21)11-8-13(24-19-11)10-6-4-3-5-7-10/h3-9H,1-2H3,(H,18,21). The van der Waals surface area contributed by atoms with E-state index in [0.29, 0.717) is 5.76 Å². The third kappa shape index (κ3) is 2.89. The van der Waals surface area contributed by atoms with Crippen LogP contribution in [0.15, 0.2) is 47.1 Å². The topological polar surface area (TPSA) is 99.2 Å². The molecule has 0 spiro atoms. The van der Waals surface area contributed by atoms with E-state index in [2.05, 4.69) is 20.3 Å². The molecule has 8 heteroatoms. The first kappa shape index (κ1) is 15.5. The van der Waals surface area contributed by atoms with Gasteiger partial charge in [-0.1, -0.05) is 35.5 Å². The lowest BCUT2D eigenvalue weighted by Crippen LogP contribution is -2.16. The summed E-state index contributed by atoms with van der Waals surface area (Å²) in [6.45, 7) is 0. The van der Waals surface area contributed by atoms with Gasteiger partial charge in [-0.3, -0.25) is 9.48 Å². The van der Waals surface area contributed by atoms with Gasteiger partial charge in [0.2, 0.25) is 0 Å². The van der Waals surface area contributed by atoms with Crippen LogP contribution in [0.25, 0.3) is 11.3 Å². The molecule has 0 bridgehead atoms. The van der Waals surface area contributed by atoms with Gasteiger partial charge < -0.3 is 14.6 Å². The Morgan fingerprint density at radius 3 is 2.71 bits per heavy atom. The molecule has 0 atom stereocenters. The molecule has 1 aromatic carbocycles. The van der Waals surface area contributed by atoms with E-state index in [0.717, 1.165) is 5.56 Å². The second kappa shape index (κ2) is 6.37. The van der Waals surface area contributed by atoms with Crippen molar-refractivity contribution < 1.29 is 18.8 Å². The van der Waals surface area contributed by atoms with Gasteiger partial charge in [-0.25, -0.2) is 4.79 Å². The maximum Gasteiger partial charge on any atom is 0.358 e. The highest BCUT2D eigenvalue weighted by molar-refractivity contribution is 6.06. The number of amides is 1. The van der Waals surface area contributed by atoms with Crippen LogP contribution >= 0.6 is 0 Å². The fourth-order valence-electron chi connectivity index (χ4n) is 2.17. The van der Waals surface area contributed by atoms with E-state index >= 15 is 0 Å². The van der Waals surface area contributed by atoms with E-state index in [1.165, 1.54) is 24.1 Å². The number of anilines is 1. The first-order chi connectivity index (χ1) is 11.6. The van der Waals surface area contributed by atoms with Crippen LogP contribution in [-0.4, -0.2) is 33.9 Å². The third-order valence-electron chi connectivity index (χ3n) is 3.37. The van der Waals surface area contributed by atoms with Crippen molar-refractivity contribution in [1.82, 2.24) is 14.9 Å². The summed E-state index contributed by atoms with van der Waals surface area (Å²) in [5, 5.41) is 10.3. The number of carbonyl (C=O) groups excluding carboxylic acids is 2. The van der Waals surface area contributed by atoms with Gasteiger partial charge in [0, 0.05) is 18.7 Å². The minimum absolute atomic E-state index is 0.0912. The zero-order valence-corrected chi connectivity index (χ0v) is 13.0. The number of rotatable bonds is 4. The van der Waals surface area contributed by atoms with Crippen molar-refractivity contribution in [1.29, 1.82) is 0 Å². The maximum absolute atomic E-state index is 12.3. The lowest BCUT2D eigenvalue weighted by molar-refractivity contribution is 0.0589. The van der Waals surface area contributed by atoms with Crippen molar-refractivity contribution in [2.24, 2.45) is 7.05 Å². The Kier molecular flexibility index (Phi) is 4.11. The van der Waals surface area contributed by atoms with E-state index in [-0.39, 0.29) is 17.1 Å². The molecule has 0 aliphatic heterocycles. The zero-order valence-electron chi connectivity index (χ0n) is 13.0. The van der Waals surface area contributed by atoms with Crippen LogP contribution in [0.1, 0.15) is 21.0 Å². The Balaban J connectivity index is 1.82. The van der Waals surface area contributed by atoms with Crippen molar-refractivity contribution in [2.75, 3.05) is 12.4 Å². The molecule has 0 aliphatic rings. The Morgan fingerprint density at radius 2 is 2.00 bits per heavy atom. The summed E-state index contributed by atoms with van der Waals surface area (Å²) in [4.78, 5) is 24.1. The molecule has 0 fully saturated rings. The van der Waals surface area contributed by atoms with Crippen LogP contribution in [0.5, 0.6) is 0 Å². The number of aromatic nitrogens is 3.